The van der Waals surface area contributed by atoms with E-state index in [0.717, 1.165) is 46.3 Å². The van der Waals surface area contributed by atoms with Crippen LogP contribution >= 0.6 is 11.3 Å². The first-order chi connectivity index (χ1) is 15.2. The van der Waals surface area contributed by atoms with Crippen molar-refractivity contribution in [3.63, 3.8) is 0 Å². The van der Waals surface area contributed by atoms with Gasteiger partial charge in [-0.25, -0.2) is 18.9 Å². The largest absolute Gasteiger partial charge is 0.416 e. The Bertz CT molecular complexity index is 1400. The Morgan fingerprint density at radius 1 is 1.28 bits per heavy atom. The summed E-state index contributed by atoms with van der Waals surface area (Å²) >= 11 is 1.62. The van der Waals surface area contributed by atoms with Crippen LogP contribution in [0, 0.1) is 5.92 Å². The highest BCUT2D eigenvalue weighted by atomic mass is 32.1. The van der Waals surface area contributed by atoms with Gasteiger partial charge in [0.05, 0.1) is 10.9 Å². The summed E-state index contributed by atoms with van der Waals surface area (Å²) in [6.07, 6.45) is -0.107. The summed E-state index contributed by atoms with van der Waals surface area (Å²) in [5, 5.41) is 7.75. The molecule has 0 saturated heterocycles. The smallest absolute Gasteiger partial charge is 0.324 e. The zero-order valence-corrected chi connectivity index (χ0v) is 17.8. The lowest BCUT2D eigenvalue weighted by atomic mass is 9.89. The summed E-state index contributed by atoms with van der Waals surface area (Å²) in [6, 6.07) is 4.10. The number of benzene rings is 1. The van der Waals surface area contributed by atoms with Gasteiger partial charge in [-0.15, -0.1) is 16.4 Å². The predicted molar refractivity (Wildman–Crippen MR) is 114 cm³/mol. The van der Waals surface area contributed by atoms with E-state index in [4.69, 9.17) is 0 Å². The van der Waals surface area contributed by atoms with Gasteiger partial charge in [0.25, 0.3) is 0 Å². The second kappa shape index (κ2) is 7.44. The summed E-state index contributed by atoms with van der Waals surface area (Å²) in [6.45, 7) is 1.84. The van der Waals surface area contributed by atoms with Crippen LogP contribution in [0.1, 0.15) is 29.3 Å². The van der Waals surface area contributed by atoms with Gasteiger partial charge in [0, 0.05) is 10.6 Å². The first kappa shape index (κ1) is 20.7. The number of anilines is 1. The number of nitrogens with one attached hydrogen (secondary N) is 1. The van der Waals surface area contributed by atoms with Crippen molar-refractivity contribution in [3.8, 4) is 0 Å². The van der Waals surface area contributed by atoms with E-state index in [2.05, 4.69) is 22.3 Å². The molecule has 0 fully saturated rings. The highest BCUT2D eigenvalue weighted by Crippen LogP contribution is 2.38. The molecule has 0 spiro atoms. The fourth-order valence-corrected chi connectivity index (χ4v) is 5.39. The molecule has 1 N–H and O–H groups in total. The molecule has 11 heteroatoms. The number of thiophene rings is 1. The van der Waals surface area contributed by atoms with Crippen molar-refractivity contribution in [2.45, 2.75) is 38.9 Å². The van der Waals surface area contributed by atoms with Gasteiger partial charge in [0.15, 0.2) is 5.65 Å². The highest BCUT2D eigenvalue weighted by molar-refractivity contribution is 7.19. The predicted octanol–water partition coefficient (Wildman–Crippen LogP) is 3.89. The SMILES string of the molecule is C[C@H]1CCc2c(sc3ncn4c(=O)n(CC(=O)Nc5ccc(C(F)(F)F)cc5)nc4c23)C1. The molecule has 7 nitrogen and oxygen atoms in total. The normalized spacial score (nSPS) is 16.4. The number of halogens is 3. The van der Waals surface area contributed by atoms with Crippen LogP contribution in [0.3, 0.4) is 0 Å². The Morgan fingerprint density at radius 2 is 2.03 bits per heavy atom. The average molecular weight is 461 g/mol. The highest BCUT2D eigenvalue weighted by Gasteiger charge is 2.30. The van der Waals surface area contributed by atoms with E-state index in [0.29, 0.717) is 11.6 Å². The number of rotatable bonds is 3. The number of aryl methyl sites for hydroxylation is 1. The van der Waals surface area contributed by atoms with Gasteiger partial charge in [-0.3, -0.25) is 4.79 Å². The fraction of sp³-hybridized carbons (Fsp3) is 0.333. The molecule has 166 valence electrons. The molecule has 1 aromatic carbocycles. The topological polar surface area (TPSA) is 81.3 Å². The lowest BCUT2D eigenvalue weighted by Gasteiger charge is -2.17. The van der Waals surface area contributed by atoms with Gasteiger partial charge in [-0.2, -0.15) is 13.2 Å². The minimum Gasteiger partial charge on any atom is -0.324 e. The van der Waals surface area contributed by atoms with Gasteiger partial charge >= 0.3 is 11.9 Å². The molecule has 1 amide bonds. The van der Waals surface area contributed by atoms with E-state index in [1.807, 2.05) is 0 Å². The molecule has 1 atom stereocenters. The molecule has 3 aromatic heterocycles. The van der Waals surface area contributed by atoms with Crippen LogP contribution in [0.25, 0.3) is 15.9 Å². The molecular weight excluding hydrogens is 443 g/mol. The number of carbonyl (C=O) groups excluding carboxylic acids is 1. The summed E-state index contributed by atoms with van der Waals surface area (Å²) < 4.78 is 40.4. The molecule has 0 bridgehead atoms. The van der Waals surface area contributed by atoms with Gasteiger partial charge in [-0.05, 0) is 55.0 Å². The van der Waals surface area contributed by atoms with E-state index in [1.165, 1.54) is 33.3 Å². The van der Waals surface area contributed by atoms with Crippen molar-refractivity contribution in [2.75, 3.05) is 5.32 Å². The number of amides is 1. The van der Waals surface area contributed by atoms with Gasteiger partial charge < -0.3 is 5.32 Å². The molecule has 0 unspecified atom stereocenters. The molecular formula is C21H18F3N5O2S. The maximum absolute atomic E-state index is 12.8. The molecule has 0 radical (unpaired) electrons. The maximum atomic E-state index is 12.8. The van der Waals surface area contributed by atoms with Crippen molar-refractivity contribution in [1.29, 1.82) is 0 Å². The number of aromatic nitrogens is 4. The fourth-order valence-electron chi connectivity index (χ4n) is 4.04. The van der Waals surface area contributed by atoms with E-state index in [-0.39, 0.29) is 12.2 Å². The van der Waals surface area contributed by atoms with E-state index in [1.54, 1.807) is 11.3 Å². The number of alkyl halides is 3. The third-order valence-electron chi connectivity index (χ3n) is 5.67. The van der Waals surface area contributed by atoms with E-state index in [9.17, 15) is 22.8 Å². The molecule has 3 heterocycles. The van der Waals surface area contributed by atoms with Gasteiger partial charge in [-0.1, -0.05) is 6.92 Å². The minimum absolute atomic E-state index is 0.199. The van der Waals surface area contributed by atoms with Crippen molar-refractivity contribution in [2.24, 2.45) is 5.92 Å². The third kappa shape index (κ3) is 3.56. The van der Waals surface area contributed by atoms with Crippen molar-refractivity contribution < 1.29 is 18.0 Å². The second-order valence-corrected chi connectivity index (χ2v) is 9.12. The van der Waals surface area contributed by atoms with E-state index >= 15 is 0 Å². The van der Waals surface area contributed by atoms with Crippen molar-refractivity contribution in [3.05, 3.63) is 57.1 Å². The number of fused-ring (bicyclic) bond motifs is 5. The number of nitrogens with zero attached hydrogens (tertiary/aromatic N) is 4. The molecule has 1 aliphatic carbocycles. The summed E-state index contributed by atoms with van der Waals surface area (Å²) in [7, 11) is 0. The van der Waals surface area contributed by atoms with Crippen LogP contribution in [0.5, 0.6) is 0 Å². The summed E-state index contributed by atoms with van der Waals surface area (Å²) in [5.41, 5.74) is 0.532. The van der Waals surface area contributed by atoms with Crippen LogP contribution in [-0.4, -0.2) is 25.1 Å². The number of carbonyl (C=O) groups is 1. The van der Waals surface area contributed by atoms with Gasteiger partial charge in [0.1, 0.15) is 17.7 Å². The number of hydrogen-bond donors (Lipinski definition) is 1. The Balaban J connectivity index is 1.43. The Hall–Kier alpha value is -3.21. The lowest BCUT2D eigenvalue weighted by Crippen LogP contribution is -2.28. The van der Waals surface area contributed by atoms with E-state index < -0.39 is 23.3 Å². The van der Waals surface area contributed by atoms with Crippen molar-refractivity contribution >= 4 is 38.8 Å². The summed E-state index contributed by atoms with van der Waals surface area (Å²) in [4.78, 5) is 31.7. The maximum Gasteiger partial charge on any atom is 0.416 e. The molecule has 5 rings (SSSR count). The Labute approximate surface area is 183 Å². The zero-order chi connectivity index (χ0) is 22.6. The van der Waals surface area contributed by atoms with Crippen molar-refractivity contribution in [1.82, 2.24) is 19.2 Å². The number of hydrogen-bond acceptors (Lipinski definition) is 5. The standard InChI is InChI=1S/C21H18F3N5O2S/c1-11-2-7-14-15(8-11)32-19-17(14)18-27-29(20(31)28(18)10-25-19)9-16(30)26-13-5-3-12(4-6-13)21(22,23)24/h3-6,10-11H,2,7-9H2,1H3,(H,26,30)/t11-/m0/s1. The van der Waals surface area contributed by atoms with Crippen LogP contribution in [0.15, 0.2) is 35.4 Å². The van der Waals surface area contributed by atoms with Crippen LogP contribution in [-0.2, 0) is 30.4 Å². The minimum atomic E-state index is -4.45. The molecule has 1 aliphatic rings. The van der Waals surface area contributed by atoms with Crippen LogP contribution in [0.4, 0.5) is 18.9 Å². The quantitative estimate of drug-likeness (QED) is 0.502. The second-order valence-electron chi connectivity index (χ2n) is 8.03. The molecule has 32 heavy (non-hydrogen) atoms. The van der Waals surface area contributed by atoms with Gasteiger partial charge in [0.2, 0.25) is 5.91 Å². The molecule has 4 aromatic rings. The Kier molecular flexibility index (Phi) is 4.81. The molecule has 0 saturated carbocycles. The molecule has 0 aliphatic heterocycles. The van der Waals surface area contributed by atoms with Crippen LogP contribution < -0.4 is 11.0 Å². The Morgan fingerprint density at radius 3 is 2.75 bits per heavy atom. The van der Waals surface area contributed by atoms with Crippen LogP contribution in [0.2, 0.25) is 0 Å². The summed E-state index contributed by atoms with van der Waals surface area (Å²) in [5.74, 6) is 0.0286. The lowest BCUT2D eigenvalue weighted by molar-refractivity contribution is -0.137. The first-order valence-corrected chi connectivity index (χ1v) is 10.9. The first-order valence-electron chi connectivity index (χ1n) is 10.1. The monoisotopic (exact) mass is 461 g/mol. The average Bonchev–Trinajstić information content (AvgIpc) is 3.24. The zero-order valence-electron chi connectivity index (χ0n) is 16.9. The third-order valence-corrected chi connectivity index (χ3v) is 6.83.